The third kappa shape index (κ3) is 3.25. The van der Waals surface area contributed by atoms with E-state index in [1.54, 1.807) is 34.1 Å². The molecule has 2 aliphatic heterocycles. The van der Waals surface area contributed by atoms with Gasteiger partial charge in [-0.15, -0.1) is 0 Å². The van der Waals surface area contributed by atoms with Gasteiger partial charge < -0.3 is 14.5 Å². The number of aromatic nitrogens is 3. The lowest BCUT2D eigenvalue weighted by molar-refractivity contribution is -0.129. The van der Waals surface area contributed by atoms with Gasteiger partial charge in [0.25, 0.3) is 5.91 Å². The van der Waals surface area contributed by atoms with Crippen molar-refractivity contribution in [2.75, 3.05) is 20.2 Å². The summed E-state index contributed by atoms with van der Waals surface area (Å²) in [5, 5.41) is 4.55. The predicted molar refractivity (Wildman–Crippen MR) is 97.6 cm³/mol. The summed E-state index contributed by atoms with van der Waals surface area (Å²) in [5.41, 5.74) is 0.430. The summed E-state index contributed by atoms with van der Waals surface area (Å²) >= 11 is 6.07. The Bertz CT molecular complexity index is 857. The van der Waals surface area contributed by atoms with Crippen molar-refractivity contribution in [3.8, 4) is 5.75 Å². The lowest BCUT2D eigenvalue weighted by atomic mass is 10.1. The maximum Gasteiger partial charge on any atom is 0.258 e. The zero-order chi connectivity index (χ0) is 19.0. The van der Waals surface area contributed by atoms with Crippen LogP contribution in [0.5, 0.6) is 5.75 Å². The molecule has 0 saturated carbocycles. The summed E-state index contributed by atoms with van der Waals surface area (Å²) in [6.07, 6.45) is 4.22. The molecule has 1 aromatic carbocycles. The fourth-order valence-electron chi connectivity index (χ4n) is 4.03. The van der Waals surface area contributed by atoms with Crippen molar-refractivity contribution in [2.24, 2.45) is 0 Å². The average Bonchev–Trinajstić information content (AvgIpc) is 3.37. The van der Waals surface area contributed by atoms with Crippen molar-refractivity contribution < 1.29 is 14.3 Å². The van der Waals surface area contributed by atoms with E-state index < -0.39 is 0 Å². The number of rotatable bonds is 5. The van der Waals surface area contributed by atoms with Crippen molar-refractivity contribution in [2.45, 2.75) is 31.5 Å². The molecule has 142 valence electrons. The summed E-state index contributed by atoms with van der Waals surface area (Å²) in [4.78, 5) is 33.2. The summed E-state index contributed by atoms with van der Waals surface area (Å²) in [6.45, 7) is 1.76. The number of benzene rings is 1. The monoisotopic (exact) mass is 389 g/mol. The first kappa shape index (κ1) is 17.8. The molecule has 2 fully saturated rings. The Balaban J connectivity index is 1.50. The maximum atomic E-state index is 13.1. The molecule has 9 heteroatoms. The van der Waals surface area contributed by atoms with Crippen LogP contribution in [0.15, 0.2) is 30.9 Å². The van der Waals surface area contributed by atoms with E-state index in [1.165, 1.54) is 13.4 Å². The number of halogens is 1. The molecule has 0 unspecified atom stereocenters. The van der Waals surface area contributed by atoms with E-state index in [2.05, 4.69) is 10.1 Å². The number of ether oxygens (including phenoxy) is 1. The first-order chi connectivity index (χ1) is 13.1. The summed E-state index contributed by atoms with van der Waals surface area (Å²) in [6, 6.07) is 4.91. The molecule has 1 aromatic heterocycles. The van der Waals surface area contributed by atoms with E-state index in [4.69, 9.17) is 16.3 Å². The second kappa shape index (κ2) is 7.19. The molecule has 2 aromatic rings. The first-order valence-corrected chi connectivity index (χ1v) is 9.22. The number of hydrogen-bond acceptors (Lipinski definition) is 5. The lowest BCUT2D eigenvalue weighted by Gasteiger charge is -2.26. The average molecular weight is 390 g/mol. The van der Waals surface area contributed by atoms with Crippen molar-refractivity contribution >= 4 is 23.4 Å². The van der Waals surface area contributed by atoms with Crippen LogP contribution in [0.4, 0.5) is 0 Å². The molecule has 0 bridgehead atoms. The van der Waals surface area contributed by atoms with Crippen LogP contribution >= 0.6 is 11.6 Å². The zero-order valence-corrected chi connectivity index (χ0v) is 15.7. The molecule has 8 nitrogen and oxygen atoms in total. The van der Waals surface area contributed by atoms with Crippen LogP contribution in [-0.2, 0) is 11.3 Å². The van der Waals surface area contributed by atoms with Gasteiger partial charge in [0, 0.05) is 24.5 Å². The van der Waals surface area contributed by atoms with Gasteiger partial charge in [0.05, 0.1) is 31.3 Å². The largest absolute Gasteiger partial charge is 0.496 e. The van der Waals surface area contributed by atoms with E-state index in [9.17, 15) is 9.59 Å². The molecule has 27 heavy (non-hydrogen) atoms. The number of carbonyl (C=O) groups excluding carboxylic acids is 2. The third-order valence-electron chi connectivity index (χ3n) is 5.30. The molecule has 0 spiro atoms. The molecular weight excluding hydrogens is 370 g/mol. The van der Waals surface area contributed by atoms with Gasteiger partial charge in [0.1, 0.15) is 18.4 Å². The Kier molecular flexibility index (Phi) is 4.73. The molecule has 0 aliphatic carbocycles. The van der Waals surface area contributed by atoms with Crippen molar-refractivity contribution in [1.29, 1.82) is 0 Å². The Morgan fingerprint density at radius 2 is 2.19 bits per heavy atom. The smallest absolute Gasteiger partial charge is 0.258 e. The SMILES string of the molecule is COc1ccc(Cl)cc1C(=O)N1CC[C@H]2[C@@H]1CC(=O)N2CCn1cncn1. The molecule has 4 rings (SSSR count). The van der Waals surface area contributed by atoms with Gasteiger partial charge in [0.2, 0.25) is 5.91 Å². The Morgan fingerprint density at radius 3 is 2.93 bits per heavy atom. The van der Waals surface area contributed by atoms with E-state index in [0.717, 1.165) is 6.42 Å². The molecule has 3 heterocycles. The number of hydrogen-bond donors (Lipinski definition) is 0. The highest BCUT2D eigenvalue weighted by atomic mass is 35.5. The molecule has 2 aliphatic rings. The highest BCUT2D eigenvalue weighted by Crippen LogP contribution is 2.35. The van der Waals surface area contributed by atoms with E-state index in [0.29, 0.717) is 42.4 Å². The quantitative estimate of drug-likeness (QED) is 0.773. The lowest BCUT2D eigenvalue weighted by Crippen LogP contribution is -2.40. The minimum Gasteiger partial charge on any atom is -0.496 e. The van der Waals surface area contributed by atoms with Gasteiger partial charge in [-0.2, -0.15) is 5.10 Å². The van der Waals surface area contributed by atoms with Crippen LogP contribution in [0, 0.1) is 0 Å². The number of fused-ring (bicyclic) bond motifs is 1. The number of amides is 2. The number of nitrogens with zero attached hydrogens (tertiary/aromatic N) is 5. The van der Waals surface area contributed by atoms with Crippen molar-refractivity contribution in [3.05, 3.63) is 41.4 Å². The molecule has 0 N–H and O–H groups in total. The fraction of sp³-hybridized carbons (Fsp3) is 0.444. The van der Waals surface area contributed by atoms with Crippen LogP contribution in [0.1, 0.15) is 23.2 Å². The fourth-order valence-corrected chi connectivity index (χ4v) is 4.20. The van der Waals surface area contributed by atoms with Crippen molar-refractivity contribution in [1.82, 2.24) is 24.6 Å². The summed E-state index contributed by atoms with van der Waals surface area (Å²) < 4.78 is 7.02. The molecular formula is C18H20ClN5O3. The number of methoxy groups -OCH3 is 1. The minimum absolute atomic E-state index is 0.0372. The standard InChI is InChI=1S/C18H20ClN5O3/c1-27-16-3-2-12(19)8-13(16)18(26)24-5-4-14-15(24)9-17(25)23(14)7-6-22-11-20-10-21-22/h2-3,8,10-11,14-15H,4-7,9H2,1H3/t14-,15-/m0/s1. The Morgan fingerprint density at radius 1 is 1.33 bits per heavy atom. The van der Waals surface area contributed by atoms with Gasteiger partial charge >= 0.3 is 0 Å². The summed E-state index contributed by atoms with van der Waals surface area (Å²) in [7, 11) is 1.53. The van der Waals surface area contributed by atoms with Crippen LogP contribution in [0.25, 0.3) is 0 Å². The van der Waals surface area contributed by atoms with Gasteiger partial charge in [-0.25, -0.2) is 4.98 Å². The molecule has 0 radical (unpaired) electrons. The van der Waals surface area contributed by atoms with E-state index in [-0.39, 0.29) is 23.9 Å². The van der Waals surface area contributed by atoms with Crippen LogP contribution in [0.2, 0.25) is 5.02 Å². The number of carbonyl (C=O) groups is 2. The minimum atomic E-state index is -0.146. The maximum absolute atomic E-state index is 13.1. The second-order valence-electron chi connectivity index (χ2n) is 6.72. The van der Waals surface area contributed by atoms with Crippen molar-refractivity contribution in [3.63, 3.8) is 0 Å². The van der Waals surface area contributed by atoms with Gasteiger partial charge in [-0.3, -0.25) is 14.3 Å². The number of likely N-dealkylation sites (tertiary alicyclic amines) is 2. The van der Waals surface area contributed by atoms with Gasteiger partial charge in [0.15, 0.2) is 0 Å². The summed E-state index contributed by atoms with van der Waals surface area (Å²) in [5.74, 6) is 0.411. The molecule has 2 saturated heterocycles. The first-order valence-electron chi connectivity index (χ1n) is 8.85. The predicted octanol–water partition coefficient (Wildman–Crippen LogP) is 1.46. The molecule has 2 atom stereocenters. The van der Waals surface area contributed by atoms with E-state index >= 15 is 0 Å². The zero-order valence-electron chi connectivity index (χ0n) is 14.9. The van der Waals surface area contributed by atoms with Gasteiger partial charge in [-0.1, -0.05) is 11.6 Å². The van der Waals surface area contributed by atoms with Crippen LogP contribution in [0.3, 0.4) is 0 Å². The van der Waals surface area contributed by atoms with Crippen LogP contribution in [-0.4, -0.2) is 68.7 Å². The van der Waals surface area contributed by atoms with E-state index in [1.807, 2.05) is 4.90 Å². The Labute approximate surface area is 161 Å². The topological polar surface area (TPSA) is 80.6 Å². The third-order valence-corrected chi connectivity index (χ3v) is 5.54. The second-order valence-corrected chi connectivity index (χ2v) is 7.15. The normalized spacial score (nSPS) is 21.6. The van der Waals surface area contributed by atoms with Crippen LogP contribution < -0.4 is 4.74 Å². The highest BCUT2D eigenvalue weighted by molar-refractivity contribution is 6.31. The Hall–Kier alpha value is -2.61. The highest BCUT2D eigenvalue weighted by Gasteiger charge is 2.48. The van der Waals surface area contributed by atoms with Gasteiger partial charge in [-0.05, 0) is 24.6 Å². The molecule has 2 amide bonds.